The summed E-state index contributed by atoms with van der Waals surface area (Å²) in [7, 11) is 0. The number of piperidine rings is 1. The molecule has 0 atom stereocenters. The number of halogens is 1. The first-order valence-corrected chi connectivity index (χ1v) is 8.00. The SMILES string of the molecule is N#Cc1ccc(N2CCC(Oc3ccc(N)cc3Cl)CC2)cc1. The van der Waals surface area contributed by atoms with Gasteiger partial charge < -0.3 is 15.4 Å². The van der Waals surface area contributed by atoms with Crippen LogP contribution < -0.4 is 15.4 Å². The Morgan fingerprint density at radius 3 is 2.43 bits per heavy atom. The van der Waals surface area contributed by atoms with Gasteiger partial charge in [-0.2, -0.15) is 5.26 Å². The van der Waals surface area contributed by atoms with Crippen LogP contribution in [0.4, 0.5) is 11.4 Å². The molecule has 0 unspecified atom stereocenters. The van der Waals surface area contributed by atoms with Crippen molar-refractivity contribution in [2.24, 2.45) is 0 Å². The van der Waals surface area contributed by atoms with Gasteiger partial charge in [0, 0.05) is 37.3 Å². The molecule has 3 rings (SSSR count). The van der Waals surface area contributed by atoms with E-state index in [-0.39, 0.29) is 6.10 Å². The molecule has 5 heteroatoms. The Labute approximate surface area is 141 Å². The van der Waals surface area contributed by atoms with Crippen LogP contribution in [-0.2, 0) is 0 Å². The number of hydrogen-bond acceptors (Lipinski definition) is 4. The lowest BCUT2D eigenvalue weighted by Crippen LogP contribution is -2.38. The zero-order valence-corrected chi connectivity index (χ0v) is 13.5. The van der Waals surface area contributed by atoms with Crippen molar-refractivity contribution in [1.29, 1.82) is 5.26 Å². The Hall–Kier alpha value is -2.38. The molecule has 1 aliphatic rings. The molecule has 2 aromatic carbocycles. The molecule has 0 aliphatic carbocycles. The number of nitrogen functional groups attached to an aromatic ring is 1. The number of nitrogens with zero attached hydrogens (tertiary/aromatic N) is 2. The van der Waals surface area contributed by atoms with E-state index in [1.807, 2.05) is 30.3 Å². The smallest absolute Gasteiger partial charge is 0.138 e. The molecule has 0 spiro atoms. The van der Waals surface area contributed by atoms with Crippen molar-refractivity contribution in [3.05, 3.63) is 53.1 Å². The molecule has 0 aromatic heterocycles. The summed E-state index contributed by atoms with van der Waals surface area (Å²) in [4.78, 5) is 2.31. The van der Waals surface area contributed by atoms with Crippen LogP contribution in [-0.4, -0.2) is 19.2 Å². The van der Waals surface area contributed by atoms with Gasteiger partial charge in [0.05, 0.1) is 16.7 Å². The van der Waals surface area contributed by atoms with Crippen LogP contribution in [0.5, 0.6) is 5.75 Å². The number of rotatable bonds is 3. The molecule has 0 bridgehead atoms. The summed E-state index contributed by atoms with van der Waals surface area (Å²) >= 11 is 6.16. The zero-order chi connectivity index (χ0) is 16.2. The third-order valence-corrected chi connectivity index (χ3v) is 4.35. The topological polar surface area (TPSA) is 62.3 Å². The van der Waals surface area contributed by atoms with E-state index in [4.69, 9.17) is 27.3 Å². The van der Waals surface area contributed by atoms with Crippen LogP contribution in [0.25, 0.3) is 0 Å². The molecular formula is C18H18ClN3O. The molecule has 1 heterocycles. The maximum Gasteiger partial charge on any atom is 0.138 e. The highest BCUT2D eigenvalue weighted by Crippen LogP contribution is 2.30. The predicted molar refractivity (Wildman–Crippen MR) is 92.9 cm³/mol. The van der Waals surface area contributed by atoms with Crippen LogP contribution in [0.2, 0.25) is 5.02 Å². The Balaban J connectivity index is 1.58. The summed E-state index contributed by atoms with van der Waals surface area (Å²) in [6, 6.07) is 15.2. The van der Waals surface area contributed by atoms with Crippen molar-refractivity contribution >= 4 is 23.0 Å². The standard InChI is InChI=1S/C18H18ClN3O/c19-17-11-14(21)3-6-18(17)23-16-7-9-22(10-8-16)15-4-1-13(12-20)2-5-15/h1-6,11,16H,7-10,21H2. The Bertz CT molecular complexity index is 716. The Morgan fingerprint density at radius 2 is 1.83 bits per heavy atom. The first-order valence-electron chi connectivity index (χ1n) is 7.62. The van der Waals surface area contributed by atoms with E-state index in [0.717, 1.165) is 31.6 Å². The molecule has 1 fully saturated rings. The largest absolute Gasteiger partial charge is 0.489 e. The first kappa shape index (κ1) is 15.5. The fraction of sp³-hybridized carbons (Fsp3) is 0.278. The van der Waals surface area contributed by atoms with Gasteiger partial charge in [-0.1, -0.05) is 11.6 Å². The van der Waals surface area contributed by atoms with Gasteiger partial charge in [0.25, 0.3) is 0 Å². The third-order valence-electron chi connectivity index (χ3n) is 4.05. The monoisotopic (exact) mass is 327 g/mol. The Kier molecular flexibility index (Phi) is 4.59. The van der Waals surface area contributed by atoms with Gasteiger partial charge in [-0.25, -0.2) is 0 Å². The Morgan fingerprint density at radius 1 is 1.13 bits per heavy atom. The normalized spacial score (nSPS) is 15.2. The molecule has 2 N–H and O–H groups in total. The van der Waals surface area contributed by atoms with Gasteiger partial charge in [0.2, 0.25) is 0 Å². The van der Waals surface area contributed by atoms with Crippen LogP contribution in [0, 0.1) is 11.3 Å². The highest BCUT2D eigenvalue weighted by molar-refractivity contribution is 6.32. The summed E-state index contributed by atoms with van der Waals surface area (Å²) in [5, 5.41) is 9.41. The van der Waals surface area contributed by atoms with Crippen molar-refractivity contribution in [1.82, 2.24) is 0 Å². The minimum Gasteiger partial charge on any atom is -0.489 e. The van der Waals surface area contributed by atoms with E-state index in [0.29, 0.717) is 22.0 Å². The van der Waals surface area contributed by atoms with E-state index < -0.39 is 0 Å². The minimum absolute atomic E-state index is 0.158. The van der Waals surface area contributed by atoms with Gasteiger partial charge in [0.15, 0.2) is 0 Å². The van der Waals surface area contributed by atoms with Gasteiger partial charge in [-0.15, -0.1) is 0 Å². The quantitative estimate of drug-likeness (QED) is 0.870. The molecule has 0 amide bonds. The average Bonchev–Trinajstić information content (AvgIpc) is 2.58. The number of nitriles is 1. The lowest BCUT2D eigenvalue weighted by molar-refractivity contribution is 0.171. The van der Waals surface area contributed by atoms with Crippen LogP contribution in [0.3, 0.4) is 0 Å². The van der Waals surface area contributed by atoms with Crippen molar-refractivity contribution in [2.45, 2.75) is 18.9 Å². The van der Waals surface area contributed by atoms with Gasteiger partial charge in [0.1, 0.15) is 11.9 Å². The van der Waals surface area contributed by atoms with E-state index in [1.165, 1.54) is 0 Å². The maximum absolute atomic E-state index is 8.85. The van der Waals surface area contributed by atoms with Crippen molar-refractivity contribution < 1.29 is 4.74 Å². The molecule has 118 valence electrons. The molecule has 23 heavy (non-hydrogen) atoms. The minimum atomic E-state index is 0.158. The second-order valence-electron chi connectivity index (χ2n) is 5.65. The lowest BCUT2D eigenvalue weighted by Gasteiger charge is -2.33. The maximum atomic E-state index is 8.85. The highest BCUT2D eigenvalue weighted by atomic mass is 35.5. The molecule has 4 nitrogen and oxygen atoms in total. The number of hydrogen-bond donors (Lipinski definition) is 1. The number of ether oxygens (including phenoxy) is 1. The number of benzene rings is 2. The number of nitrogens with two attached hydrogens (primary N) is 1. The number of anilines is 2. The molecule has 1 saturated heterocycles. The summed E-state index contributed by atoms with van der Waals surface area (Å²) in [5.74, 6) is 0.692. The summed E-state index contributed by atoms with van der Waals surface area (Å²) < 4.78 is 6.00. The van der Waals surface area contributed by atoms with E-state index in [2.05, 4.69) is 11.0 Å². The molecule has 0 radical (unpaired) electrons. The van der Waals surface area contributed by atoms with Crippen molar-refractivity contribution in [2.75, 3.05) is 23.7 Å². The average molecular weight is 328 g/mol. The van der Waals surface area contributed by atoms with Crippen molar-refractivity contribution in [3.63, 3.8) is 0 Å². The van der Waals surface area contributed by atoms with Gasteiger partial charge >= 0.3 is 0 Å². The molecule has 2 aromatic rings. The lowest BCUT2D eigenvalue weighted by atomic mass is 10.1. The van der Waals surface area contributed by atoms with Crippen molar-refractivity contribution in [3.8, 4) is 11.8 Å². The fourth-order valence-electron chi connectivity index (χ4n) is 2.77. The second kappa shape index (κ2) is 6.80. The first-order chi connectivity index (χ1) is 11.2. The molecular weight excluding hydrogens is 310 g/mol. The second-order valence-corrected chi connectivity index (χ2v) is 6.06. The van der Waals surface area contributed by atoms with Gasteiger partial charge in [-0.05, 0) is 42.5 Å². The van der Waals surface area contributed by atoms with E-state index in [9.17, 15) is 0 Å². The fourth-order valence-corrected chi connectivity index (χ4v) is 3.00. The summed E-state index contributed by atoms with van der Waals surface area (Å²) in [6.07, 6.45) is 2.02. The van der Waals surface area contributed by atoms with Gasteiger partial charge in [-0.3, -0.25) is 0 Å². The highest BCUT2D eigenvalue weighted by Gasteiger charge is 2.21. The summed E-state index contributed by atoms with van der Waals surface area (Å²) in [6.45, 7) is 1.84. The third kappa shape index (κ3) is 3.69. The zero-order valence-electron chi connectivity index (χ0n) is 12.7. The van der Waals surface area contributed by atoms with E-state index in [1.54, 1.807) is 12.1 Å². The predicted octanol–water partition coefficient (Wildman–Crippen LogP) is 3.84. The van der Waals surface area contributed by atoms with Crippen LogP contribution in [0.1, 0.15) is 18.4 Å². The summed E-state index contributed by atoms with van der Waals surface area (Å²) in [5.41, 5.74) is 8.17. The van der Waals surface area contributed by atoms with E-state index >= 15 is 0 Å². The molecule has 1 aliphatic heterocycles. The van der Waals surface area contributed by atoms with Crippen LogP contribution >= 0.6 is 11.6 Å². The van der Waals surface area contributed by atoms with Crippen LogP contribution in [0.15, 0.2) is 42.5 Å². The molecule has 0 saturated carbocycles.